The predicted molar refractivity (Wildman–Crippen MR) is 94.9 cm³/mol. The SMILES string of the molecule is Cc1c(C(=O)N2CCC[C@@H](c3ccn(CCO)n3)C2)cnc2ccnn12. The molecule has 1 N–H and O–H groups in total. The van der Waals surface area contributed by atoms with E-state index in [1.807, 2.05) is 30.2 Å². The topological polar surface area (TPSA) is 88.5 Å². The standard InChI is InChI=1S/C18H22N6O2/c1-13-15(11-19-17-4-6-20-24(13)17)18(26)22-7-2-3-14(12-22)16-5-8-23(21-16)9-10-25/h4-6,8,11,14,25H,2-3,7,9-10,12H2,1H3/t14-/m1/s1. The summed E-state index contributed by atoms with van der Waals surface area (Å²) >= 11 is 0. The first-order valence-corrected chi connectivity index (χ1v) is 8.90. The van der Waals surface area contributed by atoms with Crippen molar-refractivity contribution in [1.29, 1.82) is 0 Å². The average Bonchev–Trinajstić information content (AvgIpc) is 3.32. The summed E-state index contributed by atoms with van der Waals surface area (Å²) in [6.45, 7) is 3.84. The number of nitrogens with zero attached hydrogens (tertiary/aromatic N) is 6. The molecule has 1 amide bonds. The zero-order chi connectivity index (χ0) is 18.1. The fourth-order valence-electron chi connectivity index (χ4n) is 3.60. The van der Waals surface area contributed by atoms with Crippen LogP contribution in [-0.2, 0) is 6.54 Å². The van der Waals surface area contributed by atoms with Gasteiger partial charge in [0.25, 0.3) is 5.91 Å². The number of aliphatic hydroxyl groups is 1. The maximum atomic E-state index is 13.1. The number of likely N-dealkylation sites (tertiary alicyclic amines) is 1. The molecular formula is C18H22N6O2. The maximum Gasteiger partial charge on any atom is 0.257 e. The molecule has 1 atom stereocenters. The van der Waals surface area contributed by atoms with Gasteiger partial charge in [-0.15, -0.1) is 0 Å². The number of hydrogen-bond donors (Lipinski definition) is 1. The van der Waals surface area contributed by atoms with Crippen molar-refractivity contribution in [2.45, 2.75) is 32.2 Å². The molecule has 4 heterocycles. The van der Waals surface area contributed by atoms with Crippen LogP contribution in [0.1, 0.15) is 40.5 Å². The molecule has 8 nitrogen and oxygen atoms in total. The zero-order valence-electron chi connectivity index (χ0n) is 14.7. The van der Waals surface area contributed by atoms with Crippen molar-refractivity contribution in [3.05, 3.63) is 47.7 Å². The minimum atomic E-state index is -0.00751. The van der Waals surface area contributed by atoms with Gasteiger partial charge in [0.15, 0.2) is 5.65 Å². The van der Waals surface area contributed by atoms with Crippen molar-refractivity contribution in [3.63, 3.8) is 0 Å². The van der Waals surface area contributed by atoms with Crippen LogP contribution in [0, 0.1) is 6.92 Å². The third-order valence-electron chi connectivity index (χ3n) is 5.00. The quantitative estimate of drug-likeness (QED) is 0.762. The first-order chi connectivity index (χ1) is 12.7. The van der Waals surface area contributed by atoms with Gasteiger partial charge in [-0.1, -0.05) is 0 Å². The summed E-state index contributed by atoms with van der Waals surface area (Å²) in [4.78, 5) is 19.3. The molecule has 0 aromatic carbocycles. The van der Waals surface area contributed by atoms with Crippen LogP contribution in [0.3, 0.4) is 0 Å². The van der Waals surface area contributed by atoms with Crippen molar-refractivity contribution in [3.8, 4) is 0 Å². The predicted octanol–water partition coefficient (Wildman–Crippen LogP) is 1.25. The number of carbonyl (C=O) groups excluding carboxylic acids is 1. The van der Waals surface area contributed by atoms with Gasteiger partial charge in [0, 0.05) is 37.5 Å². The second kappa shape index (κ2) is 6.87. The van der Waals surface area contributed by atoms with E-state index in [4.69, 9.17) is 5.11 Å². The molecule has 0 radical (unpaired) electrons. The highest BCUT2D eigenvalue weighted by Gasteiger charge is 2.28. The van der Waals surface area contributed by atoms with E-state index >= 15 is 0 Å². The fourth-order valence-corrected chi connectivity index (χ4v) is 3.60. The molecule has 0 unspecified atom stereocenters. The summed E-state index contributed by atoms with van der Waals surface area (Å²) in [7, 11) is 0. The molecular weight excluding hydrogens is 332 g/mol. The fraction of sp³-hybridized carbons (Fsp3) is 0.444. The Bertz CT molecular complexity index is 931. The first kappa shape index (κ1) is 16.7. The molecule has 3 aromatic rings. The number of aromatic nitrogens is 5. The molecule has 136 valence electrons. The first-order valence-electron chi connectivity index (χ1n) is 8.90. The Morgan fingerprint density at radius 2 is 2.27 bits per heavy atom. The Labute approximate surface area is 151 Å². The molecule has 0 aliphatic carbocycles. The number of piperidine rings is 1. The van der Waals surface area contributed by atoms with Gasteiger partial charge in [0.2, 0.25) is 0 Å². The van der Waals surface area contributed by atoms with Crippen LogP contribution in [0.4, 0.5) is 0 Å². The number of amides is 1. The largest absolute Gasteiger partial charge is 0.394 e. The van der Waals surface area contributed by atoms with E-state index in [0.29, 0.717) is 18.7 Å². The van der Waals surface area contributed by atoms with E-state index in [1.165, 1.54) is 0 Å². The van der Waals surface area contributed by atoms with E-state index in [2.05, 4.69) is 15.2 Å². The summed E-state index contributed by atoms with van der Waals surface area (Å²) in [6.07, 6.45) is 7.17. The molecule has 0 saturated carbocycles. The van der Waals surface area contributed by atoms with Crippen LogP contribution in [0.5, 0.6) is 0 Å². The maximum absolute atomic E-state index is 13.1. The second-order valence-electron chi connectivity index (χ2n) is 6.68. The number of carbonyl (C=O) groups is 1. The van der Waals surface area contributed by atoms with Crippen LogP contribution in [0.25, 0.3) is 5.65 Å². The molecule has 8 heteroatoms. The zero-order valence-corrected chi connectivity index (χ0v) is 14.7. The van der Waals surface area contributed by atoms with Gasteiger partial charge in [0.05, 0.1) is 36.3 Å². The third-order valence-corrected chi connectivity index (χ3v) is 5.00. The molecule has 0 spiro atoms. The highest BCUT2D eigenvalue weighted by molar-refractivity contribution is 5.95. The summed E-state index contributed by atoms with van der Waals surface area (Å²) in [5.74, 6) is 0.209. The highest BCUT2D eigenvalue weighted by atomic mass is 16.3. The normalized spacial score (nSPS) is 17.8. The number of aliphatic hydroxyl groups excluding tert-OH is 1. The van der Waals surface area contributed by atoms with E-state index in [9.17, 15) is 4.79 Å². The molecule has 1 aliphatic rings. The Morgan fingerprint density at radius 1 is 1.38 bits per heavy atom. The van der Waals surface area contributed by atoms with E-state index in [1.54, 1.807) is 21.6 Å². The lowest BCUT2D eigenvalue weighted by Crippen LogP contribution is -2.39. The average molecular weight is 354 g/mol. The van der Waals surface area contributed by atoms with Crippen molar-refractivity contribution in [2.75, 3.05) is 19.7 Å². The Hall–Kier alpha value is -2.74. The molecule has 4 rings (SSSR count). The lowest BCUT2D eigenvalue weighted by molar-refractivity contribution is 0.0703. The number of hydrogen-bond acceptors (Lipinski definition) is 5. The van der Waals surface area contributed by atoms with Gasteiger partial charge in [-0.3, -0.25) is 9.48 Å². The third kappa shape index (κ3) is 2.96. The second-order valence-corrected chi connectivity index (χ2v) is 6.68. The van der Waals surface area contributed by atoms with Crippen molar-refractivity contribution < 1.29 is 9.90 Å². The minimum absolute atomic E-state index is 0.00751. The molecule has 26 heavy (non-hydrogen) atoms. The van der Waals surface area contributed by atoms with Gasteiger partial charge in [-0.2, -0.15) is 10.2 Å². The Balaban J connectivity index is 1.54. The molecule has 0 bridgehead atoms. The van der Waals surface area contributed by atoms with Gasteiger partial charge >= 0.3 is 0 Å². The van der Waals surface area contributed by atoms with Crippen LogP contribution in [0.2, 0.25) is 0 Å². The molecule has 1 aliphatic heterocycles. The lowest BCUT2D eigenvalue weighted by atomic mass is 9.94. The Kier molecular flexibility index (Phi) is 4.42. The smallest absolute Gasteiger partial charge is 0.257 e. The molecule has 1 fully saturated rings. The number of rotatable bonds is 4. The number of aryl methyl sites for hydroxylation is 1. The van der Waals surface area contributed by atoms with Gasteiger partial charge in [0.1, 0.15) is 0 Å². The van der Waals surface area contributed by atoms with Crippen LogP contribution < -0.4 is 0 Å². The summed E-state index contributed by atoms with van der Waals surface area (Å²) in [6, 6.07) is 3.80. The van der Waals surface area contributed by atoms with Crippen LogP contribution in [0.15, 0.2) is 30.7 Å². The van der Waals surface area contributed by atoms with Crippen molar-refractivity contribution >= 4 is 11.6 Å². The van der Waals surface area contributed by atoms with Gasteiger partial charge in [-0.05, 0) is 25.8 Å². The Morgan fingerprint density at radius 3 is 3.12 bits per heavy atom. The van der Waals surface area contributed by atoms with Crippen molar-refractivity contribution in [2.24, 2.45) is 0 Å². The van der Waals surface area contributed by atoms with Crippen molar-refractivity contribution in [1.82, 2.24) is 29.3 Å². The van der Waals surface area contributed by atoms with E-state index in [-0.39, 0.29) is 18.4 Å². The van der Waals surface area contributed by atoms with Gasteiger partial charge < -0.3 is 10.0 Å². The highest BCUT2D eigenvalue weighted by Crippen LogP contribution is 2.27. The van der Waals surface area contributed by atoms with E-state index < -0.39 is 0 Å². The van der Waals surface area contributed by atoms with E-state index in [0.717, 1.165) is 36.4 Å². The molecule has 3 aromatic heterocycles. The summed E-state index contributed by atoms with van der Waals surface area (Å²) < 4.78 is 3.45. The van der Waals surface area contributed by atoms with Gasteiger partial charge in [-0.25, -0.2) is 9.50 Å². The lowest BCUT2D eigenvalue weighted by Gasteiger charge is -2.32. The summed E-state index contributed by atoms with van der Waals surface area (Å²) in [5, 5.41) is 17.8. The van der Waals surface area contributed by atoms with Crippen LogP contribution in [-0.4, -0.2) is 60.0 Å². The minimum Gasteiger partial charge on any atom is -0.394 e. The summed E-state index contributed by atoms with van der Waals surface area (Å²) in [5.41, 5.74) is 3.12. The molecule has 1 saturated heterocycles. The van der Waals surface area contributed by atoms with Crippen LogP contribution >= 0.6 is 0 Å². The number of fused-ring (bicyclic) bond motifs is 1. The monoisotopic (exact) mass is 354 g/mol.